The number of nitrogens with zero attached hydrogens (tertiary/aromatic N) is 4. The predicted molar refractivity (Wildman–Crippen MR) is 60.7 cm³/mol. The van der Waals surface area contributed by atoms with Gasteiger partial charge in [-0.2, -0.15) is 11.8 Å². The molecule has 0 spiro atoms. The number of nitrogens with one attached hydrogen (secondary N) is 1. The zero-order valence-electron chi connectivity index (χ0n) is 9.02. The van der Waals surface area contributed by atoms with Gasteiger partial charge in [0.2, 0.25) is 0 Å². The molecule has 0 atom stereocenters. The summed E-state index contributed by atoms with van der Waals surface area (Å²) in [5, 5.41) is 15.2. The molecule has 0 aliphatic heterocycles. The summed E-state index contributed by atoms with van der Waals surface area (Å²) in [6.45, 7) is 1.73. The van der Waals surface area contributed by atoms with Crippen LogP contribution in [-0.2, 0) is 13.1 Å². The van der Waals surface area contributed by atoms with Gasteiger partial charge in [-0.15, -0.1) is 5.10 Å². The van der Waals surface area contributed by atoms with E-state index in [4.69, 9.17) is 0 Å². The lowest BCUT2D eigenvalue weighted by atomic mass is 10.4. The number of rotatable bonds is 7. The van der Waals surface area contributed by atoms with E-state index >= 15 is 0 Å². The minimum atomic E-state index is 0.710. The third-order valence-corrected chi connectivity index (χ3v) is 3.15. The third-order valence-electron chi connectivity index (χ3n) is 2.45. The highest BCUT2D eigenvalue weighted by Crippen LogP contribution is 2.18. The molecule has 6 heteroatoms. The van der Waals surface area contributed by atoms with Gasteiger partial charge in [-0.05, 0) is 41.7 Å². The summed E-state index contributed by atoms with van der Waals surface area (Å²) in [6, 6.07) is 0.710. The summed E-state index contributed by atoms with van der Waals surface area (Å²) >= 11 is 1.86. The van der Waals surface area contributed by atoms with Crippen molar-refractivity contribution >= 4 is 11.8 Å². The Labute approximate surface area is 94.0 Å². The van der Waals surface area contributed by atoms with Crippen LogP contribution in [0.25, 0.3) is 0 Å². The summed E-state index contributed by atoms with van der Waals surface area (Å²) in [5.74, 6) is 2.12. The fourth-order valence-corrected chi connectivity index (χ4v) is 1.82. The maximum Gasteiger partial charge on any atom is 0.165 e. The van der Waals surface area contributed by atoms with Crippen molar-refractivity contribution in [3.8, 4) is 0 Å². The molecule has 1 heterocycles. The average Bonchev–Trinajstić information content (AvgIpc) is 2.97. The van der Waals surface area contributed by atoms with Crippen molar-refractivity contribution in [1.82, 2.24) is 25.5 Å². The summed E-state index contributed by atoms with van der Waals surface area (Å²) in [6.07, 6.45) is 5.85. The Morgan fingerprint density at radius 3 is 3.13 bits per heavy atom. The van der Waals surface area contributed by atoms with Crippen LogP contribution in [0.5, 0.6) is 0 Å². The molecule has 0 amide bonds. The minimum Gasteiger partial charge on any atom is -0.307 e. The van der Waals surface area contributed by atoms with Gasteiger partial charge in [0.05, 0.1) is 6.54 Å². The van der Waals surface area contributed by atoms with E-state index in [0.29, 0.717) is 6.04 Å². The standard InChI is InChI=1S/C9H17N5S/c1-15-6-2-5-14-9(11-12-13-14)7-10-8-3-4-8/h8,10H,2-7H2,1H3. The second-order valence-corrected chi connectivity index (χ2v) is 4.81. The number of hydrogen-bond acceptors (Lipinski definition) is 5. The number of tetrazole rings is 1. The number of aromatic nitrogens is 4. The zero-order valence-corrected chi connectivity index (χ0v) is 9.83. The highest BCUT2D eigenvalue weighted by Gasteiger charge is 2.21. The van der Waals surface area contributed by atoms with Crippen molar-refractivity contribution in [1.29, 1.82) is 0 Å². The highest BCUT2D eigenvalue weighted by molar-refractivity contribution is 7.98. The van der Waals surface area contributed by atoms with E-state index in [-0.39, 0.29) is 0 Å². The maximum absolute atomic E-state index is 4.03. The maximum atomic E-state index is 4.03. The average molecular weight is 227 g/mol. The van der Waals surface area contributed by atoms with Gasteiger partial charge in [-0.25, -0.2) is 4.68 Å². The molecule has 0 unspecified atom stereocenters. The number of aryl methyl sites for hydroxylation is 1. The Hall–Kier alpha value is -0.620. The minimum absolute atomic E-state index is 0.710. The molecule has 1 aliphatic rings. The molecule has 1 aromatic heterocycles. The third kappa shape index (κ3) is 3.46. The lowest BCUT2D eigenvalue weighted by Crippen LogP contribution is -2.19. The van der Waals surface area contributed by atoms with Gasteiger partial charge in [0, 0.05) is 12.6 Å². The number of hydrogen-bond donors (Lipinski definition) is 1. The Morgan fingerprint density at radius 1 is 1.53 bits per heavy atom. The lowest BCUT2D eigenvalue weighted by molar-refractivity contribution is 0.535. The first kappa shape index (κ1) is 10.9. The molecule has 1 aliphatic carbocycles. The Bertz CT molecular complexity index is 296. The first-order valence-corrected chi connectivity index (χ1v) is 6.77. The van der Waals surface area contributed by atoms with E-state index in [2.05, 4.69) is 27.1 Å². The van der Waals surface area contributed by atoms with Crippen LogP contribution in [0.4, 0.5) is 0 Å². The van der Waals surface area contributed by atoms with Gasteiger partial charge in [-0.3, -0.25) is 0 Å². The molecule has 5 nitrogen and oxygen atoms in total. The first-order chi connectivity index (χ1) is 7.40. The molecule has 0 saturated heterocycles. The fraction of sp³-hybridized carbons (Fsp3) is 0.889. The summed E-state index contributed by atoms with van der Waals surface area (Å²) in [5.41, 5.74) is 0. The molecule has 1 N–H and O–H groups in total. The summed E-state index contributed by atoms with van der Waals surface area (Å²) in [4.78, 5) is 0. The Morgan fingerprint density at radius 2 is 2.40 bits per heavy atom. The van der Waals surface area contributed by atoms with Crippen LogP contribution in [0.15, 0.2) is 0 Å². The molecule has 15 heavy (non-hydrogen) atoms. The molecule has 1 fully saturated rings. The lowest BCUT2D eigenvalue weighted by Gasteiger charge is -2.04. The SMILES string of the molecule is CSCCCn1nnnc1CNC1CC1. The van der Waals surface area contributed by atoms with E-state index in [0.717, 1.165) is 31.1 Å². The van der Waals surface area contributed by atoms with E-state index in [1.165, 1.54) is 12.8 Å². The predicted octanol–water partition coefficient (Wildman–Crippen LogP) is 0.678. The molecular formula is C9H17N5S. The van der Waals surface area contributed by atoms with Crippen molar-refractivity contribution in [2.75, 3.05) is 12.0 Å². The Kier molecular flexibility index (Phi) is 3.96. The van der Waals surface area contributed by atoms with Crippen molar-refractivity contribution in [3.05, 3.63) is 5.82 Å². The van der Waals surface area contributed by atoms with Gasteiger partial charge >= 0.3 is 0 Å². The van der Waals surface area contributed by atoms with Gasteiger partial charge in [0.15, 0.2) is 5.82 Å². The van der Waals surface area contributed by atoms with Crippen LogP contribution < -0.4 is 5.32 Å². The van der Waals surface area contributed by atoms with Crippen molar-refractivity contribution in [2.24, 2.45) is 0 Å². The van der Waals surface area contributed by atoms with Crippen LogP contribution in [0.3, 0.4) is 0 Å². The van der Waals surface area contributed by atoms with Crippen LogP contribution >= 0.6 is 11.8 Å². The molecule has 0 radical (unpaired) electrons. The van der Waals surface area contributed by atoms with E-state index in [9.17, 15) is 0 Å². The first-order valence-electron chi connectivity index (χ1n) is 5.37. The van der Waals surface area contributed by atoms with Crippen LogP contribution in [0, 0.1) is 0 Å². The molecule has 0 aromatic carbocycles. The Balaban J connectivity index is 1.78. The molecule has 1 saturated carbocycles. The normalized spacial score (nSPS) is 15.8. The second-order valence-electron chi connectivity index (χ2n) is 3.82. The van der Waals surface area contributed by atoms with Crippen molar-refractivity contribution in [3.63, 3.8) is 0 Å². The highest BCUT2D eigenvalue weighted by atomic mass is 32.2. The molecule has 2 rings (SSSR count). The van der Waals surface area contributed by atoms with Crippen LogP contribution in [0.2, 0.25) is 0 Å². The molecule has 0 bridgehead atoms. The van der Waals surface area contributed by atoms with Crippen molar-refractivity contribution < 1.29 is 0 Å². The van der Waals surface area contributed by atoms with E-state index < -0.39 is 0 Å². The van der Waals surface area contributed by atoms with Gasteiger partial charge < -0.3 is 5.32 Å². The quantitative estimate of drug-likeness (QED) is 0.694. The molecular weight excluding hydrogens is 210 g/mol. The molecule has 84 valence electrons. The zero-order chi connectivity index (χ0) is 10.5. The summed E-state index contributed by atoms with van der Waals surface area (Å²) < 4.78 is 1.91. The second kappa shape index (κ2) is 5.46. The van der Waals surface area contributed by atoms with Crippen molar-refractivity contribution in [2.45, 2.75) is 38.4 Å². The smallest absolute Gasteiger partial charge is 0.165 e. The topological polar surface area (TPSA) is 55.6 Å². The van der Waals surface area contributed by atoms with Gasteiger partial charge in [0.1, 0.15) is 0 Å². The van der Waals surface area contributed by atoms with E-state index in [1.54, 1.807) is 0 Å². The van der Waals surface area contributed by atoms with Gasteiger partial charge in [0.25, 0.3) is 0 Å². The van der Waals surface area contributed by atoms with Gasteiger partial charge in [-0.1, -0.05) is 0 Å². The summed E-state index contributed by atoms with van der Waals surface area (Å²) in [7, 11) is 0. The number of thioether (sulfide) groups is 1. The largest absolute Gasteiger partial charge is 0.307 e. The van der Waals surface area contributed by atoms with Crippen LogP contribution in [-0.4, -0.2) is 38.3 Å². The van der Waals surface area contributed by atoms with E-state index in [1.807, 2.05) is 16.4 Å². The fourth-order valence-electron chi connectivity index (χ4n) is 1.41. The van der Waals surface area contributed by atoms with Crippen LogP contribution in [0.1, 0.15) is 25.1 Å². The monoisotopic (exact) mass is 227 g/mol. The molecule has 1 aromatic rings.